The first-order valence-corrected chi connectivity index (χ1v) is 6.06. The summed E-state index contributed by atoms with van der Waals surface area (Å²) >= 11 is 4.79. The molecule has 20 heavy (non-hydrogen) atoms. The average molecular weight is 290 g/mol. The Bertz CT molecular complexity index is 662. The van der Waals surface area contributed by atoms with Crippen LogP contribution in [0.5, 0.6) is 0 Å². The molecule has 2 rings (SSSR count). The van der Waals surface area contributed by atoms with Crippen molar-refractivity contribution in [2.45, 2.75) is 0 Å². The molecule has 0 aromatic carbocycles. The number of hydrogen-bond acceptors (Lipinski definition) is 6. The van der Waals surface area contributed by atoms with Gasteiger partial charge in [0.05, 0.1) is 35.8 Å². The lowest BCUT2D eigenvalue weighted by Crippen LogP contribution is -2.27. The molecule has 0 aliphatic carbocycles. The normalized spacial score (nSPS) is 10.9. The van der Waals surface area contributed by atoms with Crippen molar-refractivity contribution in [3.8, 4) is 11.4 Å². The van der Waals surface area contributed by atoms with Gasteiger partial charge < -0.3 is 16.0 Å². The Labute approximate surface area is 121 Å². The predicted octanol–water partition coefficient (Wildman–Crippen LogP) is -0.0314. The highest BCUT2D eigenvalue weighted by atomic mass is 32.1. The number of nitrogens with two attached hydrogens (primary N) is 2. The highest BCUT2D eigenvalue weighted by Crippen LogP contribution is 2.16. The summed E-state index contributed by atoms with van der Waals surface area (Å²) in [6.45, 7) is 0. The third-order valence-corrected chi connectivity index (χ3v) is 2.79. The van der Waals surface area contributed by atoms with E-state index in [1.807, 2.05) is 11.6 Å². The first-order chi connectivity index (χ1) is 9.47. The Kier molecular flexibility index (Phi) is 3.89. The highest BCUT2D eigenvalue weighted by molar-refractivity contribution is 7.80. The van der Waals surface area contributed by atoms with Crippen LogP contribution in [0.1, 0.15) is 5.69 Å². The maximum absolute atomic E-state index is 5.70. The fraction of sp³-hybridized carbons (Fsp3) is 0.182. The Morgan fingerprint density at radius 3 is 2.85 bits per heavy atom. The quantitative estimate of drug-likeness (QED) is 0.464. The van der Waals surface area contributed by atoms with Gasteiger partial charge in [-0.25, -0.2) is 20.0 Å². The number of nitrogen functional groups attached to an aromatic ring is 1. The van der Waals surface area contributed by atoms with Crippen molar-refractivity contribution in [1.82, 2.24) is 24.5 Å². The summed E-state index contributed by atoms with van der Waals surface area (Å²) in [6, 6.07) is 1.75. The number of imidazole rings is 1. The van der Waals surface area contributed by atoms with E-state index in [0.717, 1.165) is 5.69 Å². The van der Waals surface area contributed by atoms with Gasteiger partial charge in [-0.3, -0.25) is 0 Å². The Morgan fingerprint density at radius 1 is 1.50 bits per heavy atom. The van der Waals surface area contributed by atoms with Crippen LogP contribution in [0.15, 0.2) is 23.7 Å². The minimum absolute atomic E-state index is 0.156. The summed E-state index contributed by atoms with van der Waals surface area (Å²) in [7, 11) is 3.51. The van der Waals surface area contributed by atoms with Gasteiger partial charge in [-0.05, 0) is 18.3 Å². The highest BCUT2D eigenvalue weighted by Gasteiger charge is 2.07. The van der Waals surface area contributed by atoms with E-state index in [1.165, 1.54) is 11.2 Å². The van der Waals surface area contributed by atoms with Crippen molar-refractivity contribution < 1.29 is 0 Å². The number of rotatable bonds is 3. The van der Waals surface area contributed by atoms with Gasteiger partial charge in [0.1, 0.15) is 0 Å². The topological polar surface area (TPSA) is 111 Å². The standard InChI is InChI=1S/C11H14N8S/c1-18-6-14-5-9(18)8-3-7(16-10(12)17-8)4-15-19(2)11(13)20/h3-6H,1-2H3,(H2,13,20)(H2,12,16,17)/b15-4+. The van der Waals surface area contributed by atoms with Crippen LogP contribution in [-0.2, 0) is 7.05 Å². The van der Waals surface area contributed by atoms with Crippen LogP contribution in [0.2, 0.25) is 0 Å². The minimum atomic E-state index is 0.156. The minimum Gasteiger partial charge on any atom is -0.375 e. The third-order valence-electron chi connectivity index (χ3n) is 2.52. The number of thiocarbonyl (C=S) groups is 1. The molecule has 0 amide bonds. The van der Waals surface area contributed by atoms with Crippen molar-refractivity contribution in [3.05, 3.63) is 24.3 Å². The van der Waals surface area contributed by atoms with Crippen molar-refractivity contribution >= 4 is 29.5 Å². The SMILES string of the molecule is CN(/N=C/c1cc(-c2cncn2C)nc(N)n1)C(N)=S. The van der Waals surface area contributed by atoms with Gasteiger partial charge in [0.2, 0.25) is 5.95 Å². The molecule has 0 saturated carbocycles. The van der Waals surface area contributed by atoms with Gasteiger partial charge in [0.15, 0.2) is 5.11 Å². The second-order valence-corrected chi connectivity index (χ2v) is 4.45. The maximum atomic E-state index is 5.70. The number of aryl methyl sites for hydroxylation is 1. The number of nitrogens with zero attached hydrogens (tertiary/aromatic N) is 6. The summed E-state index contributed by atoms with van der Waals surface area (Å²) in [5.74, 6) is 0.156. The molecule has 0 bridgehead atoms. The molecule has 0 saturated heterocycles. The lowest BCUT2D eigenvalue weighted by Gasteiger charge is -2.08. The van der Waals surface area contributed by atoms with Crippen LogP contribution < -0.4 is 11.5 Å². The van der Waals surface area contributed by atoms with Gasteiger partial charge in [-0.15, -0.1) is 0 Å². The molecule has 2 heterocycles. The van der Waals surface area contributed by atoms with Crippen LogP contribution >= 0.6 is 12.2 Å². The number of anilines is 1. The largest absolute Gasteiger partial charge is 0.375 e. The van der Waals surface area contributed by atoms with Gasteiger partial charge in [-0.2, -0.15) is 5.10 Å². The zero-order valence-corrected chi connectivity index (χ0v) is 11.9. The van der Waals surface area contributed by atoms with Gasteiger partial charge in [0.25, 0.3) is 0 Å². The van der Waals surface area contributed by atoms with Crippen LogP contribution in [0.4, 0.5) is 5.95 Å². The van der Waals surface area contributed by atoms with E-state index >= 15 is 0 Å². The van der Waals surface area contributed by atoms with Crippen molar-refractivity contribution in [2.75, 3.05) is 12.8 Å². The molecule has 4 N–H and O–H groups in total. The van der Waals surface area contributed by atoms with Gasteiger partial charge in [0, 0.05) is 14.1 Å². The van der Waals surface area contributed by atoms with Crippen LogP contribution in [-0.4, -0.2) is 42.9 Å². The summed E-state index contributed by atoms with van der Waals surface area (Å²) in [5.41, 5.74) is 13.2. The fourth-order valence-electron chi connectivity index (χ4n) is 1.49. The van der Waals surface area contributed by atoms with E-state index in [-0.39, 0.29) is 11.1 Å². The Morgan fingerprint density at radius 2 is 2.25 bits per heavy atom. The van der Waals surface area contributed by atoms with E-state index in [2.05, 4.69) is 20.1 Å². The molecular weight excluding hydrogens is 276 g/mol. The second kappa shape index (κ2) is 5.61. The van der Waals surface area contributed by atoms with E-state index in [1.54, 1.807) is 25.6 Å². The lowest BCUT2D eigenvalue weighted by atomic mass is 10.2. The van der Waals surface area contributed by atoms with E-state index in [4.69, 9.17) is 23.7 Å². The molecular formula is C11H14N8S. The summed E-state index contributed by atoms with van der Waals surface area (Å²) in [5, 5.41) is 5.57. The first-order valence-electron chi connectivity index (χ1n) is 5.66. The van der Waals surface area contributed by atoms with Crippen molar-refractivity contribution in [3.63, 3.8) is 0 Å². The molecule has 0 atom stereocenters. The number of hydrogen-bond donors (Lipinski definition) is 2. The number of aromatic nitrogens is 4. The molecule has 0 aliphatic rings. The summed E-state index contributed by atoms with van der Waals surface area (Å²) in [4.78, 5) is 12.3. The molecule has 2 aromatic heterocycles. The average Bonchev–Trinajstić information content (AvgIpc) is 2.81. The molecule has 0 aliphatic heterocycles. The molecule has 104 valence electrons. The van der Waals surface area contributed by atoms with E-state index in [9.17, 15) is 0 Å². The van der Waals surface area contributed by atoms with Crippen molar-refractivity contribution in [2.24, 2.45) is 17.9 Å². The third kappa shape index (κ3) is 3.06. The summed E-state index contributed by atoms with van der Waals surface area (Å²) < 4.78 is 1.84. The molecule has 0 unspecified atom stereocenters. The van der Waals surface area contributed by atoms with Crippen LogP contribution in [0.3, 0.4) is 0 Å². The predicted molar refractivity (Wildman–Crippen MR) is 80.8 cm³/mol. The molecule has 0 radical (unpaired) electrons. The van der Waals surface area contributed by atoms with Crippen molar-refractivity contribution in [1.29, 1.82) is 0 Å². The van der Waals surface area contributed by atoms with Gasteiger partial charge >= 0.3 is 0 Å². The molecule has 0 fully saturated rings. The second-order valence-electron chi connectivity index (χ2n) is 4.03. The monoisotopic (exact) mass is 290 g/mol. The first kappa shape index (κ1) is 13.9. The van der Waals surface area contributed by atoms with E-state index in [0.29, 0.717) is 11.4 Å². The zero-order valence-electron chi connectivity index (χ0n) is 11.1. The fourth-order valence-corrected chi connectivity index (χ4v) is 1.54. The van der Waals surface area contributed by atoms with E-state index < -0.39 is 0 Å². The lowest BCUT2D eigenvalue weighted by molar-refractivity contribution is 0.552. The molecule has 8 nitrogen and oxygen atoms in total. The summed E-state index contributed by atoms with van der Waals surface area (Å²) in [6.07, 6.45) is 4.89. The molecule has 0 spiro atoms. The number of hydrazone groups is 1. The molecule has 9 heteroatoms. The van der Waals surface area contributed by atoms with Crippen LogP contribution in [0.25, 0.3) is 11.4 Å². The maximum Gasteiger partial charge on any atom is 0.221 e. The smallest absolute Gasteiger partial charge is 0.221 e. The Balaban J connectivity index is 2.35. The zero-order chi connectivity index (χ0) is 14.7. The van der Waals surface area contributed by atoms with Crippen LogP contribution in [0, 0.1) is 0 Å². The Hall–Kier alpha value is -2.55. The van der Waals surface area contributed by atoms with Gasteiger partial charge in [-0.1, -0.05) is 0 Å². The molecule has 2 aromatic rings.